The Morgan fingerprint density at radius 1 is 0.929 bits per heavy atom. The number of aliphatic hydroxyl groups excluding tert-OH is 2. The van der Waals surface area contributed by atoms with E-state index in [9.17, 15) is 34.2 Å². The van der Waals surface area contributed by atoms with Crippen molar-refractivity contribution in [2.75, 3.05) is 12.4 Å². The molecule has 13 nitrogen and oxygen atoms in total. The predicted molar refractivity (Wildman–Crippen MR) is 96.3 cm³/mol. The molecule has 0 saturated heterocycles. The zero-order valence-corrected chi connectivity index (χ0v) is 15.8. The highest BCUT2D eigenvalue weighted by molar-refractivity contribution is 7.80. The van der Waals surface area contributed by atoms with E-state index in [1.54, 1.807) is 0 Å². The second kappa shape index (κ2) is 12.1. The molecule has 0 heterocycles. The van der Waals surface area contributed by atoms with Crippen molar-refractivity contribution in [1.82, 2.24) is 16.0 Å². The van der Waals surface area contributed by atoms with E-state index >= 15 is 0 Å². The average molecular weight is 424 g/mol. The van der Waals surface area contributed by atoms with E-state index in [1.165, 1.54) is 6.92 Å². The zero-order chi connectivity index (χ0) is 22.0. The van der Waals surface area contributed by atoms with Crippen LogP contribution in [0.2, 0.25) is 0 Å². The lowest BCUT2D eigenvalue weighted by atomic mass is 10.1. The number of carboxylic acids is 2. The van der Waals surface area contributed by atoms with E-state index in [0.29, 0.717) is 0 Å². The van der Waals surface area contributed by atoms with Gasteiger partial charge in [-0.1, -0.05) is 0 Å². The minimum Gasteiger partial charge on any atom is -0.481 e. The standard InChI is InChI=1S/C14H24N4O9S/c1-5(20)10(15)13(25)17-7(3-19)12(24)16-6(2-9(21)22)11(23)18-8(4-28)14(26)27/h5-8,10,19-20,28H,2-4,15H2,1H3,(H,16,24)(H,17,25)(H,18,23)(H,21,22)(H,26,27). The highest BCUT2D eigenvalue weighted by atomic mass is 32.1. The van der Waals surface area contributed by atoms with E-state index in [2.05, 4.69) is 12.6 Å². The van der Waals surface area contributed by atoms with E-state index in [0.717, 1.165) is 0 Å². The van der Waals surface area contributed by atoms with Crippen LogP contribution in [0.1, 0.15) is 13.3 Å². The molecule has 0 fully saturated rings. The van der Waals surface area contributed by atoms with Crippen LogP contribution in [0.15, 0.2) is 0 Å². The minimum atomic E-state index is -1.69. The van der Waals surface area contributed by atoms with Crippen molar-refractivity contribution >= 4 is 42.3 Å². The van der Waals surface area contributed by atoms with Gasteiger partial charge in [0.25, 0.3) is 0 Å². The van der Waals surface area contributed by atoms with Gasteiger partial charge in [-0.25, -0.2) is 4.79 Å². The molecule has 0 bridgehead atoms. The van der Waals surface area contributed by atoms with Gasteiger partial charge in [0.05, 0.1) is 19.1 Å². The summed E-state index contributed by atoms with van der Waals surface area (Å²) in [5.41, 5.74) is 5.40. The van der Waals surface area contributed by atoms with Gasteiger partial charge in [0, 0.05) is 5.75 Å². The van der Waals surface area contributed by atoms with Gasteiger partial charge in [0.1, 0.15) is 24.2 Å². The Balaban J connectivity index is 5.21. The van der Waals surface area contributed by atoms with Crippen molar-refractivity contribution in [2.24, 2.45) is 5.73 Å². The number of nitrogens with one attached hydrogen (secondary N) is 3. The smallest absolute Gasteiger partial charge is 0.327 e. The maximum atomic E-state index is 12.2. The van der Waals surface area contributed by atoms with E-state index in [1.807, 2.05) is 16.0 Å². The summed E-state index contributed by atoms with van der Waals surface area (Å²) in [7, 11) is 0. The Hall–Kier alpha value is -2.42. The lowest BCUT2D eigenvalue weighted by molar-refractivity contribution is -0.143. The largest absolute Gasteiger partial charge is 0.481 e. The lowest BCUT2D eigenvalue weighted by Crippen LogP contribution is -2.59. The van der Waals surface area contributed by atoms with Crippen LogP contribution in [0.5, 0.6) is 0 Å². The molecule has 28 heavy (non-hydrogen) atoms. The highest BCUT2D eigenvalue weighted by Gasteiger charge is 2.31. The van der Waals surface area contributed by atoms with Crippen molar-refractivity contribution in [3.63, 3.8) is 0 Å². The molecule has 0 aromatic heterocycles. The summed E-state index contributed by atoms with van der Waals surface area (Å²) >= 11 is 3.75. The molecule has 0 spiro atoms. The number of rotatable bonds is 12. The van der Waals surface area contributed by atoms with Crippen LogP contribution in [-0.2, 0) is 24.0 Å². The van der Waals surface area contributed by atoms with Crippen LogP contribution < -0.4 is 21.7 Å². The monoisotopic (exact) mass is 424 g/mol. The number of carbonyl (C=O) groups is 5. The van der Waals surface area contributed by atoms with Crippen molar-refractivity contribution in [3.8, 4) is 0 Å². The molecule has 9 N–H and O–H groups in total. The number of aliphatic hydroxyl groups is 2. The van der Waals surface area contributed by atoms with E-state index in [-0.39, 0.29) is 5.75 Å². The molecule has 0 radical (unpaired) electrons. The SMILES string of the molecule is CC(O)C(N)C(=O)NC(CO)C(=O)NC(CC(=O)O)C(=O)NC(CS)C(=O)O. The third-order valence-electron chi connectivity index (χ3n) is 3.45. The highest BCUT2D eigenvalue weighted by Crippen LogP contribution is 1.99. The Morgan fingerprint density at radius 2 is 1.39 bits per heavy atom. The number of carboxylic acid groups (broad SMARTS) is 2. The average Bonchev–Trinajstić information content (AvgIpc) is 2.61. The van der Waals surface area contributed by atoms with Crippen LogP contribution in [-0.4, -0.2) is 92.7 Å². The van der Waals surface area contributed by atoms with E-state index in [4.69, 9.17) is 15.9 Å². The van der Waals surface area contributed by atoms with Crippen molar-refractivity contribution in [1.29, 1.82) is 0 Å². The van der Waals surface area contributed by atoms with Gasteiger partial charge in [-0.05, 0) is 6.92 Å². The first kappa shape index (κ1) is 25.6. The first-order chi connectivity index (χ1) is 12.9. The predicted octanol–water partition coefficient (Wildman–Crippen LogP) is -4.37. The Kier molecular flexibility index (Phi) is 11.1. The summed E-state index contributed by atoms with van der Waals surface area (Å²) in [4.78, 5) is 58.0. The summed E-state index contributed by atoms with van der Waals surface area (Å²) < 4.78 is 0. The third kappa shape index (κ3) is 8.51. The fourth-order valence-electron chi connectivity index (χ4n) is 1.80. The lowest BCUT2D eigenvalue weighted by Gasteiger charge is -2.23. The Labute approximate surface area is 165 Å². The van der Waals surface area contributed by atoms with Gasteiger partial charge >= 0.3 is 11.9 Å². The summed E-state index contributed by atoms with van der Waals surface area (Å²) in [6, 6.07) is -6.11. The maximum absolute atomic E-state index is 12.2. The van der Waals surface area contributed by atoms with Gasteiger partial charge in [0.15, 0.2) is 0 Å². The van der Waals surface area contributed by atoms with Crippen LogP contribution in [0.3, 0.4) is 0 Å². The van der Waals surface area contributed by atoms with Gasteiger partial charge in [-0.2, -0.15) is 12.6 Å². The Morgan fingerprint density at radius 3 is 1.79 bits per heavy atom. The number of hydrogen-bond donors (Lipinski definition) is 9. The summed E-state index contributed by atoms with van der Waals surface area (Å²) in [6.45, 7) is 0.311. The van der Waals surface area contributed by atoms with Gasteiger partial charge in [-0.3, -0.25) is 19.2 Å². The van der Waals surface area contributed by atoms with Crippen molar-refractivity contribution < 1.29 is 44.4 Å². The van der Waals surface area contributed by atoms with Gasteiger partial charge in [-0.15, -0.1) is 0 Å². The molecule has 14 heteroatoms. The van der Waals surface area contributed by atoms with Crippen LogP contribution in [0, 0.1) is 0 Å². The van der Waals surface area contributed by atoms with Crippen LogP contribution in [0.25, 0.3) is 0 Å². The molecule has 0 saturated carbocycles. The minimum absolute atomic E-state index is 0.290. The molecule has 160 valence electrons. The summed E-state index contributed by atoms with van der Waals surface area (Å²) in [5, 5.41) is 42.4. The molecular formula is C14H24N4O9S. The van der Waals surface area contributed by atoms with Crippen LogP contribution in [0.4, 0.5) is 0 Å². The summed E-state index contributed by atoms with van der Waals surface area (Å²) in [5.74, 6) is -6.38. The second-order valence-electron chi connectivity index (χ2n) is 5.75. The number of aliphatic carboxylic acids is 2. The topological polar surface area (TPSA) is 228 Å². The fourth-order valence-corrected chi connectivity index (χ4v) is 2.04. The first-order valence-electron chi connectivity index (χ1n) is 7.95. The molecule has 3 amide bonds. The number of thiol groups is 1. The van der Waals surface area contributed by atoms with E-state index < -0.39 is 73.0 Å². The number of amides is 3. The third-order valence-corrected chi connectivity index (χ3v) is 3.81. The number of carbonyl (C=O) groups excluding carboxylic acids is 3. The molecule has 5 unspecified atom stereocenters. The van der Waals surface area contributed by atoms with Crippen molar-refractivity contribution in [2.45, 2.75) is 43.6 Å². The molecule has 5 atom stereocenters. The molecule has 0 aromatic rings. The molecule has 0 aliphatic carbocycles. The quantitative estimate of drug-likeness (QED) is 0.137. The molecular weight excluding hydrogens is 400 g/mol. The molecule has 0 aliphatic rings. The first-order valence-corrected chi connectivity index (χ1v) is 8.58. The normalized spacial score (nSPS) is 16.0. The zero-order valence-electron chi connectivity index (χ0n) is 14.9. The second-order valence-corrected chi connectivity index (χ2v) is 6.12. The summed E-state index contributed by atoms with van der Waals surface area (Å²) in [6.07, 6.45) is -2.14. The van der Waals surface area contributed by atoms with Crippen LogP contribution >= 0.6 is 12.6 Å². The number of hydrogen-bond acceptors (Lipinski definition) is 9. The molecule has 0 rings (SSSR count). The molecule has 0 aromatic carbocycles. The molecule has 0 aliphatic heterocycles. The maximum Gasteiger partial charge on any atom is 0.327 e. The van der Waals surface area contributed by atoms with Crippen molar-refractivity contribution in [3.05, 3.63) is 0 Å². The Bertz CT molecular complexity index is 601. The fraction of sp³-hybridized carbons (Fsp3) is 0.643. The number of nitrogens with two attached hydrogens (primary N) is 1. The van der Waals surface area contributed by atoms with Gasteiger partial charge < -0.3 is 42.1 Å². The van der Waals surface area contributed by atoms with Gasteiger partial charge in [0.2, 0.25) is 17.7 Å².